The second-order valence-corrected chi connectivity index (χ2v) is 9.24. The van der Waals surface area contributed by atoms with Crippen LogP contribution in [0.2, 0.25) is 0 Å². The highest BCUT2D eigenvalue weighted by Gasteiger charge is 2.12. The van der Waals surface area contributed by atoms with E-state index in [1.807, 2.05) is 30.3 Å². The normalized spacial score (nSPS) is 11.2. The Morgan fingerprint density at radius 2 is 0.789 bits per heavy atom. The molecule has 0 aliphatic rings. The number of fused-ring (bicyclic) bond motifs is 2. The fraction of sp³-hybridized carbons (Fsp3) is 0. The van der Waals surface area contributed by atoms with Crippen LogP contribution in [0.3, 0.4) is 0 Å². The summed E-state index contributed by atoms with van der Waals surface area (Å²) in [7, 11) is 0. The van der Waals surface area contributed by atoms with Crippen LogP contribution in [0.4, 0.5) is 0 Å². The van der Waals surface area contributed by atoms with Crippen molar-refractivity contribution < 1.29 is 0 Å². The molecule has 0 unspecified atom stereocenters. The Labute approximate surface area is 220 Å². The van der Waals surface area contributed by atoms with Gasteiger partial charge in [0.05, 0.1) is 11.4 Å². The molecule has 0 radical (unpaired) electrons. The summed E-state index contributed by atoms with van der Waals surface area (Å²) in [6.07, 6.45) is 3.50. The molecule has 0 aliphatic heterocycles. The zero-order valence-corrected chi connectivity index (χ0v) is 20.5. The van der Waals surface area contributed by atoms with E-state index in [-0.39, 0.29) is 0 Å². The summed E-state index contributed by atoms with van der Waals surface area (Å²) in [5.74, 6) is 1.38. The SMILES string of the molecule is c1cnc(-c2ccc(-c3nc(-c4ccc5ccccc5c4)cc(-c4ccc5ccccc5c4)n3)cc2)nc1. The van der Waals surface area contributed by atoms with Crippen LogP contribution in [-0.4, -0.2) is 19.9 Å². The third-order valence-corrected chi connectivity index (χ3v) is 6.78. The number of rotatable bonds is 4. The summed E-state index contributed by atoms with van der Waals surface area (Å²) in [5, 5.41) is 4.78. The molecule has 178 valence electrons. The highest BCUT2D eigenvalue weighted by atomic mass is 14.9. The van der Waals surface area contributed by atoms with Gasteiger partial charge in [-0.05, 0) is 45.8 Å². The van der Waals surface area contributed by atoms with E-state index in [1.165, 1.54) is 21.5 Å². The lowest BCUT2D eigenvalue weighted by atomic mass is 10.0. The van der Waals surface area contributed by atoms with Gasteiger partial charge in [0.15, 0.2) is 11.6 Å². The molecule has 0 spiro atoms. The fourth-order valence-corrected chi connectivity index (χ4v) is 4.79. The molecule has 0 atom stereocenters. The van der Waals surface area contributed by atoms with Crippen molar-refractivity contribution in [2.24, 2.45) is 0 Å². The highest BCUT2D eigenvalue weighted by molar-refractivity contribution is 5.89. The molecule has 0 aliphatic carbocycles. The first-order valence-electron chi connectivity index (χ1n) is 12.6. The van der Waals surface area contributed by atoms with Crippen LogP contribution in [0.25, 0.3) is 66.8 Å². The van der Waals surface area contributed by atoms with E-state index in [2.05, 4.69) is 101 Å². The minimum absolute atomic E-state index is 0.680. The number of hydrogen-bond acceptors (Lipinski definition) is 4. The van der Waals surface area contributed by atoms with Crippen molar-refractivity contribution >= 4 is 21.5 Å². The van der Waals surface area contributed by atoms with Crippen LogP contribution in [0.1, 0.15) is 0 Å². The molecule has 0 saturated heterocycles. The Morgan fingerprint density at radius 1 is 0.342 bits per heavy atom. The zero-order valence-electron chi connectivity index (χ0n) is 20.5. The standard InChI is InChI=1S/C34H22N4/c1-3-8-27-20-29(16-10-23(27)6-1)31-22-32(30-17-11-24-7-2-4-9-28(24)21-30)38-34(37-31)26-14-12-25(13-15-26)33-35-18-5-19-36-33/h1-22H. The van der Waals surface area contributed by atoms with Gasteiger partial charge in [-0.25, -0.2) is 19.9 Å². The molecular formula is C34H22N4. The maximum Gasteiger partial charge on any atom is 0.160 e. The Balaban J connectivity index is 1.38. The van der Waals surface area contributed by atoms with E-state index in [0.29, 0.717) is 11.6 Å². The summed E-state index contributed by atoms with van der Waals surface area (Å²) < 4.78 is 0. The second-order valence-electron chi connectivity index (χ2n) is 9.24. The van der Waals surface area contributed by atoms with Crippen molar-refractivity contribution in [3.63, 3.8) is 0 Å². The van der Waals surface area contributed by atoms with Crippen molar-refractivity contribution in [2.45, 2.75) is 0 Å². The third-order valence-electron chi connectivity index (χ3n) is 6.78. The molecule has 4 heteroatoms. The lowest BCUT2D eigenvalue weighted by Gasteiger charge is -2.11. The van der Waals surface area contributed by atoms with E-state index in [1.54, 1.807) is 12.4 Å². The minimum atomic E-state index is 0.680. The molecule has 0 bridgehead atoms. The summed E-state index contributed by atoms with van der Waals surface area (Å²) in [5.41, 5.74) is 5.79. The van der Waals surface area contributed by atoms with E-state index in [0.717, 1.165) is 33.6 Å². The molecular weight excluding hydrogens is 464 g/mol. The van der Waals surface area contributed by atoms with E-state index in [9.17, 15) is 0 Å². The predicted molar refractivity (Wildman–Crippen MR) is 154 cm³/mol. The van der Waals surface area contributed by atoms with Crippen molar-refractivity contribution in [1.82, 2.24) is 19.9 Å². The second kappa shape index (κ2) is 9.34. The average Bonchev–Trinajstić information content (AvgIpc) is 3.01. The van der Waals surface area contributed by atoms with Crippen molar-refractivity contribution in [2.75, 3.05) is 0 Å². The van der Waals surface area contributed by atoms with Gasteiger partial charge in [0.2, 0.25) is 0 Å². The van der Waals surface area contributed by atoms with Crippen LogP contribution in [-0.2, 0) is 0 Å². The van der Waals surface area contributed by atoms with Crippen LogP contribution in [0.5, 0.6) is 0 Å². The Kier molecular flexibility index (Phi) is 5.41. The van der Waals surface area contributed by atoms with E-state index in [4.69, 9.17) is 9.97 Å². The van der Waals surface area contributed by atoms with Gasteiger partial charge in [-0.2, -0.15) is 0 Å². The summed E-state index contributed by atoms with van der Waals surface area (Å²) >= 11 is 0. The van der Waals surface area contributed by atoms with Crippen molar-refractivity contribution in [3.8, 4) is 45.3 Å². The monoisotopic (exact) mass is 486 g/mol. The highest BCUT2D eigenvalue weighted by Crippen LogP contribution is 2.31. The molecule has 2 aromatic heterocycles. The summed E-state index contributed by atoms with van der Waals surface area (Å²) in [4.78, 5) is 18.8. The maximum absolute atomic E-state index is 5.03. The minimum Gasteiger partial charge on any atom is -0.237 e. The smallest absolute Gasteiger partial charge is 0.160 e. The van der Waals surface area contributed by atoms with Gasteiger partial charge in [-0.1, -0.05) is 97.1 Å². The molecule has 0 N–H and O–H groups in total. The molecule has 0 saturated carbocycles. The molecule has 38 heavy (non-hydrogen) atoms. The average molecular weight is 487 g/mol. The molecule has 2 heterocycles. The number of hydrogen-bond donors (Lipinski definition) is 0. The Bertz CT molecular complexity index is 1810. The van der Waals surface area contributed by atoms with Crippen molar-refractivity contribution in [1.29, 1.82) is 0 Å². The lowest BCUT2D eigenvalue weighted by Crippen LogP contribution is -1.96. The van der Waals surface area contributed by atoms with Gasteiger partial charge in [0, 0.05) is 34.6 Å². The molecule has 7 rings (SSSR count). The first-order chi connectivity index (χ1) is 18.8. The predicted octanol–water partition coefficient (Wildman–Crippen LogP) is 8.24. The topological polar surface area (TPSA) is 51.6 Å². The van der Waals surface area contributed by atoms with Gasteiger partial charge in [-0.3, -0.25) is 0 Å². The fourth-order valence-electron chi connectivity index (χ4n) is 4.79. The third kappa shape index (κ3) is 4.18. The summed E-state index contributed by atoms with van der Waals surface area (Å²) in [6.45, 7) is 0. The van der Waals surface area contributed by atoms with Crippen LogP contribution >= 0.6 is 0 Å². The zero-order chi connectivity index (χ0) is 25.3. The van der Waals surface area contributed by atoms with Gasteiger partial charge < -0.3 is 0 Å². The van der Waals surface area contributed by atoms with Crippen molar-refractivity contribution in [3.05, 3.63) is 134 Å². The number of benzene rings is 5. The van der Waals surface area contributed by atoms with E-state index < -0.39 is 0 Å². The van der Waals surface area contributed by atoms with E-state index >= 15 is 0 Å². The molecule has 4 nitrogen and oxygen atoms in total. The number of aromatic nitrogens is 4. The first kappa shape index (κ1) is 22.0. The molecule has 5 aromatic carbocycles. The lowest BCUT2D eigenvalue weighted by molar-refractivity contribution is 1.17. The largest absolute Gasteiger partial charge is 0.237 e. The maximum atomic E-state index is 5.03. The van der Waals surface area contributed by atoms with Gasteiger partial charge in [0.1, 0.15) is 0 Å². The van der Waals surface area contributed by atoms with Crippen LogP contribution in [0.15, 0.2) is 134 Å². The van der Waals surface area contributed by atoms with Gasteiger partial charge in [0.25, 0.3) is 0 Å². The van der Waals surface area contributed by atoms with Gasteiger partial charge in [-0.15, -0.1) is 0 Å². The molecule has 0 fully saturated rings. The van der Waals surface area contributed by atoms with Crippen LogP contribution in [0, 0.1) is 0 Å². The Hall–Kier alpha value is -5.22. The quantitative estimate of drug-likeness (QED) is 0.251. The van der Waals surface area contributed by atoms with Gasteiger partial charge >= 0.3 is 0 Å². The Morgan fingerprint density at radius 3 is 1.32 bits per heavy atom. The molecule has 0 amide bonds. The van der Waals surface area contributed by atoms with Crippen LogP contribution < -0.4 is 0 Å². The summed E-state index contributed by atoms with van der Waals surface area (Å²) in [6, 6.07) is 41.8. The number of nitrogens with zero attached hydrogens (tertiary/aromatic N) is 4. The first-order valence-corrected chi connectivity index (χ1v) is 12.6. The molecule has 7 aromatic rings.